The van der Waals surface area contributed by atoms with Crippen molar-refractivity contribution in [2.45, 2.75) is 241 Å². The van der Waals surface area contributed by atoms with E-state index in [4.69, 9.17) is 42.1 Å². The highest BCUT2D eigenvalue weighted by Crippen LogP contribution is 2.65. The predicted molar refractivity (Wildman–Crippen MR) is 484 cm³/mol. The van der Waals surface area contributed by atoms with Crippen LogP contribution in [0, 0.1) is 34.0 Å². The third kappa shape index (κ3) is 18.1. The van der Waals surface area contributed by atoms with Gasteiger partial charge in [0.1, 0.15) is 0 Å². The third-order valence-electron chi connectivity index (χ3n) is 28.6. The number of rotatable bonds is 23. The van der Waals surface area contributed by atoms with Gasteiger partial charge in [0.15, 0.2) is 32.9 Å². The number of guanidine groups is 1. The molecule has 3 atom stereocenters. The molecule has 9 aliphatic carbocycles. The first-order chi connectivity index (χ1) is 56.6. The van der Waals surface area contributed by atoms with E-state index in [0.717, 1.165) is 181 Å². The zero-order chi connectivity index (χ0) is 80.5. The number of nitrogens with two attached hydrogens (primary N) is 2. The quantitative estimate of drug-likeness (QED) is 0.0353. The van der Waals surface area contributed by atoms with E-state index in [2.05, 4.69) is 189 Å². The number of nitrogens with zero attached hydrogens (tertiary/aromatic N) is 4. The van der Waals surface area contributed by atoms with Crippen LogP contribution >= 0.6 is 39.9 Å². The molecule has 3 amide bonds. The van der Waals surface area contributed by atoms with E-state index in [9.17, 15) is 9.59 Å². The first-order valence-electron chi connectivity index (χ1n) is 43.7. The molecule has 3 aliphatic heterocycles. The number of alkyl halides is 1. The minimum absolute atomic E-state index is 0. The molecule has 3 heterocycles. The number of carbonyl (C=O) groups is 3. The molecule has 0 radical (unpaired) electrons. The number of nitrogens with one attached hydrogen (secondary N) is 2. The summed E-state index contributed by atoms with van der Waals surface area (Å²) < 4.78 is 17.1. The van der Waals surface area contributed by atoms with Crippen LogP contribution in [0.1, 0.15) is 215 Å². The molecule has 6 N–H and O–H groups in total. The van der Waals surface area contributed by atoms with Crippen LogP contribution in [0.5, 0.6) is 0 Å². The van der Waals surface area contributed by atoms with Crippen LogP contribution in [0.3, 0.4) is 0 Å². The van der Waals surface area contributed by atoms with Gasteiger partial charge in [-0.3, -0.25) is 24.2 Å². The lowest BCUT2D eigenvalue weighted by Crippen LogP contribution is -2.56. The number of thioether (sulfide) groups is 1. The standard InChI is InChI=1S/C38H44N2O2S.C30H37N3O2.C22H28N2O2S.C8H9Br.CH5N.CH4/c1-42-33-18-22-37(23-19-33)27-32-17-16-31(15-14-30-12-13-30)26-34(32)38(37)35(41)40(24-20-28-8-4-2-5-9-28)36(39-38)43-25-21-29-10-6-3-7-11-29;1-35-25-13-16-29(17-14-25)20-24-12-11-23(10-9-22-7-8-22)19-26(24)30(29)27(34)33(28(31)32-30)18-15-21-5-3-2-4-6-21;1-26-17-8-10-21(11-9-17)13-16-7-6-15(5-4-14-2-3-14)12-18(16)22(21)19(25)23-20(27)24-22;9-7-6-8-4-2-1-3-5-8;1-2;/h2-11,16-17,26,30,33H,12-15,18-25,27H2,1H3;2-6,11-12,19,22,25H,7-10,13-18,20H2,1H3,(H2,31,32);6-7,12,14,17H,2-5,8-11,13H2,1H3,(H2,23,24,25,27);1-5H,6-7H2;2H2,1H3;1H4. The van der Waals surface area contributed by atoms with Gasteiger partial charge in [0.2, 0.25) is 0 Å². The molecule has 14 nitrogen and oxygen atoms in total. The molecular weight excluding hydrogens is 1550 g/mol. The molecule has 0 aromatic heterocycles. The van der Waals surface area contributed by atoms with Crippen molar-refractivity contribution in [3.8, 4) is 0 Å². The Hall–Kier alpha value is -7.35. The van der Waals surface area contributed by atoms with E-state index in [1.165, 1.54) is 132 Å². The summed E-state index contributed by atoms with van der Waals surface area (Å²) in [6.07, 6.45) is 34.3. The maximum absolute atomic E-state index is 15.1. The molecule has 6 saturated carbocycles. The SMILES string of the molecule is BrCCc1ccccc1.C.CN.COC1CCC2(CC1)Cc1ccc(CCC3CC3)cc1C21N=C(N)N(CCc2ccccc2)C1=O.COC1CCC2(CC1)Cc1ccc(CCC3CC3)cc1C21N=C(SCCc2ccccc2)N(CCc2ccccc2)C1=O.COC1CCC2(CC1)Cc1ccc(CCC3CC3)cc1C21NC(=S)NC1=O. The Morgan fingerprint density at radius 1 is 0.453 bits per heavy atom. The van der Waals surface area contributed by atoms with Crippen LogP contribution in [0.2, 0.25) is 0 Å². The molecule has 7 aromatic carbocycles. The van der Waals surface area contributed by atoms with Crippen molar-refractivity contribution in [2.24, 2.45) is 55.5 Å². The average Bonchev–Trinajstić information content (AvgIpc) is 1.51. The largest absolute Gasteiger partial charge is 0.381 e. The van der Waals surface area contributed by atoms with Crippen molar-refractivity contribution in [3.05, 3.63) is 248 Å². The molecule has 7 aromatic rings. The number of thiocarbonyl (C=S) groups is 1. The molecule has 3 unspecified atom stereocenters. The molecule has 117 heavy (non-hydrogen) atoms. The summed E-state index contributed by atoms with van der Waals surface area (Å²) in [7, 11) is 6.93. The molecule has 7 fully saturated rings. The molecule has 17 heteroatoms. The second-order valence-corrected chi connectivity index (χ2v) is 37.7. The minimum Gasteiger partial charge on any atom is -0.381 e. The van der Waals surface area contributed by atoms with Gasteiger partial charge >= 0.3 is 0 Å². The number of hydrogen-bond donors (Lipinski definition) is 4. The molecule has 12 aliphatic rings. The normalized spacial score (nSPS) is 27.4. The third-order valence-corrected chi connectivity index (χ3v) is 30.1. The molecule has 19 rings (SSSR count). The summed E-state index contributed by atoms with van der Waals surface area (Å²) in [4.78, 5) is 57.5. The van der Waals surface area contributed by atoms with Crippen molar-refractivity contribution >= 4 is 73.9 Å². The molecule has 622 valence electrons. The fourth-order valence-corrected chi connectivity index (χ4v) is 23.1. The van der Waals surface area contributed by atoms with Gasteiger partial charge in [-0.15, -0.1) is 0 Å². The van der Waals surface area contributed by atoms with Crippen LogP contribution in [-0.2, 0) is 109 Å². The van der Waals surface area contributed by atoms with E-state index in [1.54, 1.807) is 30.9 Å². The second-order valence-electron chi connectivity index (χ2n) is 35.4. The number of hydrogen-bond acceptors (Lipinski definition) is 12. The fourth-order valence-electron chi connectivity index (χ4n) is 21.4. The summed E-state index contributed by atoms with van der Waals surface area (Å²) in [6, 6.07) is 62.8. The second kappa shape index (κ2) is 38.2. The lowest BCUT2D eigenvalue weighted by atomic mass is 9.61. The van der Waals surface area contributed by atoms with Crippen LogP contribution in [0.15, 0.2) is 186 Å². The van der Waals surface area contributed by atoms with Crippen molar-refractivity contribution in [2.75, 3.05) is 52.5 Å². The monoisotopic (exact) mass is 1680 g/mol. The highest BCUT2D eigenvalue weighted by molar-refractivity contribution is 9.09. The van der Waals surface area contributed by atoms with E-state index in [1.807, 2.05) is 31.4 Å². The Morgan fingerprint density at radius 2 is 0.812 bits per heavy atom. The lowest BCUT2D eigenvalue weighted by Gasteiger charge is -2.46. The molecule has 1 saturated heterocycles. The highest BCUT2D eigenvalue weighted by atomic mass is 79.9. The number of methoxy groups -OCH3 is 3. The summed E-state index contributed by atoms with van der Waals surface area (Å²) >= 11 is 10.5. The predicted octanol–water partition coefficient (Wildman–Crippen LogP) is 18.7. The van der Waals surface area contributed by atoms with E-state index in [-0.39, 0.29) is 53.6 Å². The zero-order valence-electron chi connectivity index (χ0n) is 69.0. The maximum atomic E-state index is 15.1. The van der Waals surface area contributed by atoms with Crippen molar-refractivity contribution < 1.29 is 28.6 Å². The lowest BCUT2D eigenvalue weighted by molar-refractivity contribution is -0.139. The number of carbonyl (C=O) groups excluding carboxylic acids is 3. The van der Waals surface area contributed by atoms with Gasteiger partial charge < -0.3 is 36.3 Å². The summed E-state index contributed by atoms with van der Waals surface area (Å²) in [6.45, 7) is 1.22. The summed E-state index contributed by atoms with van der Waals surface area (Å²) in [5.74, 6) is 4.33. The topological polar surface area (TPSA) is 186 Å². The Kier molecular flexibility index (Phi) is 28.1. The van der Waals surface area contributed by atoms with Crippen molar-refractivity contribution in [1.29, 1.82) is 0 Å². The van der Waals surface area contributed by atoms with Gasteiger partial charge in [-0.25, -0.2) is 9.98 Å². The average molecular weight is 1680 g/mol. The summed E-state index contributed by atoms with van der Waals surface area (Å²) in [5, 5.41) is 8.83. The van der Waals surface area contributed by atoms with Gasteiger partial charge in [0.05, 0.1) is 18.3 Å². The Bertz CT molecular complexity index is 4610. The van der Waals surface area contributed by atoms with Gasteiger partial charge in [0.25, 0.3) is 17.7 Å². The summed E-state index contributed by atoms with van der Waals surface area (Å²) in [5.41, 5.74) is 24.8. The Balaban J connectivity index is 0.000000137. The number of fused-ring (bicyclic) bond motifs is 9. The number of aliphatic imine (C=N–C) groups is 2. The van der Waals surface area contributed by atoms with E-state index in [0.29, 0.717) is 30.3 Å². The number of benzene rings is 7. The fraction of sp³-hybridized carbons (Fsp3) is 0.520. The minimum atomic E-state index is -0.891. The highest BCUT2D eigenvalue weighted by Gasteiger charge is 2.69. The Labute approximate surface area is 715 Å². The molecule has 6 spiro atoms. The number of ether oxygens (including phenoxy) is 3. The number of aryl methyl sites for hydroxylation is 5. The van der Waals surface area contributed by atoms with Gasteiger partial charge in [-0.1, -0.05) is 250 Å². The van der Waals surface area contributed by atoms with E-state index < -0.39 is 16.6 Å². The number of amides is 3. The van der Waals surface area contributed by atoms with Crippen LogP contribution < -0.4 is 22.1 Å². The van der Waals surface area contributed by atoms with Gasteiger partial charge in [-0.2, -0.15) is 0 Å². The molecule has 0 bridgehead atoms. The van der Waals surface area contributed by atoms with Gasteiger partial charge in [-0.05, 0) is 270 Å². The smallest absolute Gasteiger partial charge is 0.262 e. The first-order valence-corrected chi connectivity index (χ1v) is 46.3. The van der Waals surface area contributed by atoms with Crippen molar-refractivity contribution in [3.63, 3.8) is 0 Å². The van der Waals surface area contributed by atoms with Gasteiger partial charge in [0, 0.05) is 61.7 Å². The van der Waals surface area contributed by atoms with Crippen LogP contribution in [0.25, 0.3) is 0 Å². The van der Waals surface area contributed by atoms with Crippen LogP contribution in [0.4, 0.5) is 0 Å². The zero-order valence-corrected chi connectivity index (χ0v) is 72.3. The first kappa shape index (κ1) is 86.0. The maximum Gasteiger partial charge on any atom is 0.262 e. The van der Waals surface area contributed by atoms with Crippen molar-refractivity contribution in [1.82, 2.24) is 20.4 Å². The molecular formula is C100H127BrN8O6S2. The number of amidine groups is 1. The van der Waals surface area contributed by atoms with Crippen LogP contribution in [-0.4, -0.2) is 115 Å². The Morgan fingerprint density at radius 3 is 1.21 bits per heavy atom. The number of halogens is 1. The van der Waals surface area contributed by atoms with E-state index >= 15 is 4.79 Å².